The highest BCUT2D eigenvalue weighted by atomic mass is 16.5. The summed E-state index contributed by atoms with van der Waals surface area (Å²) in [6, 6.07) is 8.76. The van der Waals surface area contributed by atoms with E-state index in [0.717, 1.165) is 5.56 Å². The summed E-state index contributed by atoms with van der Waals surface area (Å²) in [5.74, 6) is -0.611. The van der Waals surface area contributed by atoms with Crippen LogP contribution in [-0.2, 0) is 20.9 Å². The van der Waals surface area contributed by atoms with Crippen molar-refractivity contribution in [2.75, 3.05) is 26.0 Å². The number of benzene rings is 1. The van der Waals surface area contributed by atoms with Crippen molar-refractivity contribution >= 4 is 23.2 Å². The first-order valence-corrected chi connectivity index (χ1v) is 9.11. The van der Waals surface area contributed by atoms with E-state index in [4.69, 9.17) is 20.9 Å². The molecular weight excluding hydrogens is 374 g/mol. The first-order valence-electron chi connectivity index (χ1n) is 9.11. The van der Waals surface area contributed by atoms with Crippen LogP contribution < -0.4 is 26.5 Å². The first kappa shape index (κ1) is 20.3. The van der Waals surface area contributed by atoms with Crippen LogP contribution in [0.3, 0.4) is 0 Å². The van der Waals surface area contributed by atoms with Crippen molar-refractivity contribution in [3.8, 4) is 5.75 Å². The number of primary amides is 1. The number of carbonyl (C=O) groups is 2. The zero-order valence-electron chi connectivity index (χ0n) is 16.1. The maximum Gasteiger partial charge on any atom is 0.317 e. The number of carbonyl (C=O) groups excluding carboxylic acids is 2. The monoisotopic (exact) mass is 398 g/mol. The van der Waals surface area contributed by atoms with Crippen molar-refractivity contribution in [2.45, 2.75) is 18.6 Å². The van der Waals surface area contributed by atoms with Gasteiger partial charge in [-0.15, -0.1) is 0 Å². The number of nitrogen functional groups attached to an aromatic ring is 1. The minimum Gasteiger partial charge on any atom is -0.489 e. The highest BCUT2D eigenvalue weighted by Gasteiger charge is 2.44. The fourth-order valence-electron chi connectivity index (χ4n) is 3.06. The molecule has 1 aliphatic heterocycles. The molecule has 29 heavy (non-hydrogen) atoms. The number of hydrogen-bond donors (Lipinski definition) is 4. The molecule has 1 saturated heterocycles. The number of ether oxygens (including phenoxy) is 2. The largest absolute Gasteiger partial charge is 0.489 e. The van der Waals surface area contributed by atoms with Crippen molar-refractivity contribution in [3.05, 3.63) is 53.9 Å². The van der Waals surface area contributed by atoms with Gasteiger partial charge in [-0.05, 0) is 24.3 Å². The molecule has 1 fully saturated rings. The van der Waals surface area contributed by atoms with Crippen LogP contribution in [0.25, 0.3) is 0 Å². The number of anilines is 1. The first-order chi connectivity index (χ1) is 13.9. The third-order valence-electron chi connectivity index (χ3n) is 4.75. The molecule has 2 aromatic rings. The van der Waals surface area contributed by atoms with E-state index in [1.165, 1.54) is 0 Å². The maximum absolute atomic E-state index is 12.9. The highest BCUT2D eigenvalue weighted by molar-refractivity contribution is 6.44. The number of hydrogen-bond acceptors (Lipinski definition) is 6. The zero-order valence-corrected chi connectivity index (χ0v) is 16.1. The van der Waals surface area contributed by atoms with Gasteiger partial charge in [-0.2, -0.15) is 0 Å². The summed E-state index contributed by atoms with van der Waals surface area (Å²) in [5.41, 5.74) is 12.3. The second kappa shape index (κ2) is 8.70. The van der Waals surface area contributed by atoms with Gasteiger partial charge >= 0.3 is 5.91 Å². The van der Waals surface area contributed by atoms with Gasteiger partial charge < -0.3 is 26.3 Å². The standard InChI is InChI=1S/C20H23N5O4/c1-23-17(18(26)25-20(19(22)27)6-8-28-12-20)15-9-14(4-5-16(15)21)29-11-13-3-2-7-24-10-13/h2-5,7,9-10H,6,8,11-12,21H2,1H3,(H2,22,27)(H,25,26)/p+1. The summed E-state index contributed by atoms with van der Waals surface area (Å²) in [6.07, 6.45) is 3.71. The number of nitrogens with zero attached hydrogens (tertiary/aromatic N) is 1. The van der Waals surface area contributed by atoms with E-state index in [0.29, 0.717) is 36.6 Å². The molecule has 1 aromatic carbocycles. The van der Waals surface area contributed by atoms with Gasteiger partial charge in [0, 0.05) is 36.7 Å². The van der Waals surface area contributed by atoms with Crippen LogP contribution in [0.15, 0.2) is 42.7 Å². The lowest BCUT2D eigenvalue weighted by atomic mass is 9.96. The molecule has 0 bridgehead atoms. The third-order valence-corrected chi connectivity index (χ3v) is 4.75. The second-order valence-electron chi connectivity index (χ2n) is 6.73. The summed E-state index contributed by atoms with van der Waals surface area (Å²) in [4.78, 5) is 31.7. The van der Waals surface area contributed by atoms with Crippen molar-refractivity contribution in [1.82, 2.24) is 10.3 Å². The van der Waals surface area contributed by atoms with Gasteiger partial charge in [-0.25, -0.2) is 4.99 Å². The Hall–Kier alpha value is -3.46. The summed E-state index contributed by atoms with van der Waals surface area (Å²) < 4.78 is 11.1. The van der Waals surface area contributed by atoms with E-state index in [-0.39, 0.29) is 12.3 Å². The number of pyridine rings is 1. The summed E-state index contributed by atoms with van der Waals surface area (Å²) in [7, 11) is 1.60. The third kappa shape index (κ3) is 4.52. The van der Waals surface area contributed by atoms with Crippen LogP contribution in [0.4, 0.5) is 5.69 Å². The maximum atomic E-state index is 12.9. The molecule has 1 aromatic heterocycles. The van der Waals surface area contributed by atoms with E-state index < -0.39 is 17.4 Å². The van der Waals surface area contributed by atoms with Gasteiger partial charge in [0.15, 0.2) is 0 Å². The summed E-state index contributed by atoms with van der Waals surface area (Å²) in [6.45, 7) is 0.702. The average molecular weight is 398 g/mol. The lowest BCUT2D eigenvalue weighted by Gasteiger charge is -2.24. The summed E-state index contributed by atoms with van der Waals surface area (Å²) >= 11 is 0. The SMILES string of the molecule is C[NH+]=C(C(=O)NC1(C(N)=O)CCOC1)c1cc(OCc2cccnc2)ccc1N. The second-order valence-corrected chi connectivity index (χ2v) is 6.73. The molecule has 1 unspecified atom stereocenters. The molecule has 6 N–H and O–H groups in total. The van der Waals surface area contributed by atoms with Crippen LogP contribution in [0, 0.1) is 0 Å². The lowest BCUT2D eigenvalue weighted by Crippen LogP contribution is -2.73. The predicted octanol–water partition coefficient (Wildman–Crippen LogP) is -1.50. The quantitative estimate of drug-likeness (QED) is 0.330. The normalized spacial score (nSPS) is 19.0. The van der Waals surface area contributed by atoms with E-state index in [1.54, 1.807) is 37.6 Å². The minimum absolute atomic E-state index is 0.0365. The molecule has 2 amide bonds. The van der Waals surface area contributed by atoms with Crippen molar-refractivity contribution in [2.24, 2.45) is 5.73 Å². The Kier molecular flexibility index (Phi) is 6.08. The molecule has 152 valence electrons. The topological polar surface area (TPSA) is 144 Å². The molecule has 0 aliphatic carbocycles. The predicted molar refractivity (Wildman–Crippen MR) is 106 cm³/mol. The molecule has 1 aliphatic rings. The van der Waals surface area contributed by atoms with E-state index in [9.17, 15) is 9.59 Å². The van der Waals surface area contributed by atoms with Gasteiger partial charge in [0.25, 0.3) is 5.71 Å². The fraction of sp³-hybridized carbons (Fsp3) is 0.300. The van der Waals surface area contributed by atoms with Gasteiger partial charge in [-0.3, -0.25) is 14.6 Å². The average Bonchev–Trinajstić information content (AvgIpc) is 3.19. The van der Waals surface area contributed by atoms with Crippen LogP contribution in [0.1, 0.15) is 17.5 Å². The molecule has 1 atom stereocenters. The van der Waals surface area contributed by atoms with E-state index in [2.05, 4.69) is 15.3 Å². The van der Waals surface area contributed by atoms with Crippen molar-refractivity contribution in [1.29, 1.82) is 0 Å². The lowest BCUT2D eigenvalue weighted by molar-refractivity contribution is -0.418. The molecule has 3 rings (SSSR count). The van der Waals surface area contributed by atoms with Gasteiger partial charge in [0.2, 0.25) is 5.91 Å². The van der Waals surface area contributed by atoms with Crippen LogP contribution in [-0.4, -0.2) is 48.3 Å². The molecule has 9 heteroatoms. The summed E-state index contributed by atoms with van der Waals surface area (Å²) in [5, 5.41) is 2.70. The number of amides is 2. The molecule has 2 heterocycles. The van der Waals surface area contributed by atoms with E-state index in [1.807, 2.05) is 12.1 Å². The highest BCUT2D eigenvalue weighted by Crippen LogP contribution is 2.22. The van der Waals surface area contributed by atoms with Gasteiger partial charge in [0.05, 0.1) is 12.2 Å². The molecular formula is C20H24N5O4+. The fourth-order valence-corrected chi connectivity index (χ4v) is 3.06. The minimum atomic E-state index is -1.23. The zero-order chi connectivity index (χ0) is 20.9. The molecule has 0 radical (unpaired) electrons. The Morgan fingerprint density at radius 1 is 1.38 bits per heavy atom. The Bertz CT molecular complexity index is 924. The molecule has 9 nitrogen and oxygen atoms in total. The van der Waals surface area contributed by atoms with Gasteiger partial charge in [0.1, 0.15) is 24.9 Å². The number of rotatable bonds is 7. The molecule has 0 spiro atoms. The number of aromatic nitrogens is 1. The van der Waals surface area contributed by atoms with Crippen molar-refractivity contribution in [3.63, 3.8) is 0 Å². The Labute approximate surface area is 168 Å². The Morgan fingerprint density at radius 3 is 2.83 bits per heavy atom. The van der Waals surface area contributed by atoms with Crippen LogP contribution in [0.5, 0.6) is 5.75 Å². The van der Waals surface area contributed by atoms with Crippen LogP contribution >= 0.6 is 0 Å². The Morgan fingerprint density at radius 2 is 2.21 bits per heavy atom. The van der Waals surface area contributed by atoms with E-state index >= 15 is 0 Å². The number of nitrogens with two attached hydrogens (primary N) is 2. The smallest absolute Gasteiger partial charge is 0.317 e. The Balaban J connectivity index is 1.79. The van der Waals surface area contributed by atoms with Gasteiger partial charge in [-0.1, -0.05) is 6.07 Å². The molecule has 0 saturated carbocycles. The van der Waals surface area contributed by atoms with Crippen molar-refractivity contribution < 1.29 is 24.1 Å². The number of nitrogens with one attached hydrogen (secondary N) is 2. The van der Waals surface area contributed by atoms with Crippen LogP contribution in [0.2, 0.25) is 0 Å².